The number of hydrogen-bond donors (Lipinski definition) is 0. The maximum atomic E-state index is 12.0. The van der Waals surface area contributed by atoms with E-state index in [1.165, 1.54) is 7.11 Å². The summed E-state index contributed by atoms with van der Waals surface area (Å²) in [5.74, 6) is -0.735. The first-order chi connectivity index (χ1) is 8.73. The standard InChI is InChI=1S/C14H24O5/c1-6-14(4,12(17)18-5)10-13(2,3)11(16)19-9-7-8-15/h8H,6-7,9-10H2,1-5H3. The highest BCUT2D eigenvalue weighted by atomic mass is 16.5. The van der Waals surface area contributed by atoms with E-state index in [1.807, 2.05) is 6.92 Å². The van der Waals surface area contributed by atoms with Crippen molar-refractivity contribution in [3.8, 4) is 0 Å². The average Bonchev–Trinajstić information content (AvgIpc) is 2.37. The lowest BCUT2D eigenvalue weighted by Crippen LogP contribution is -2.38. The van der Waals surface area contributed by atoms with E-state index in [9.17, 15) is 14.4 Å². The second kappa shape index (κ2) is 7.26. The minimum absolute atomic E-state index is 0.0762. The molecule has 0 saturated carbocycles. The van der Waals surface area contributed by atoms with Crippen molar-refractivity contribution in [1.82, 2.24) is 0 Å². The van der Waals surface area contributed by atoms with Crippen molar-refractivity contribution < 1.29 is 23.9 Å². The number of methoxy groups -OCH3 is 1. The molecule has 5 heteroatoms. The van der Waals surface area contributed by atoms with Crippen molar-refractivity contribution >= 4 is 18.2 Å². The van der Waals surface area contributed by atoms with Crippen LogP contribution in [0.4, 0.5) is 0 Å². The summed E-state index contributed by atoms with van der Waals surface area (Å²) in [4.78, 5) is 33.9. The summed E-state index contributed by atoms with van der Waals surface area (Å²) in [6.07, 6.45) is 1.79. The Bertz CT molecular complexity index is 335. The minimum Gasteiger partial charge on any atom is -0.469 e. The number of hydrogen-bond acceptors (Lipinski definition) is 5. The van der Waals surface area contributed by atoms with Gasteiger partial charge in [-0.1, -0.05) is 6.92 Å². The lowest BCUT2D eigenvalue weighted by atomic mass is 9.72. The molecule has 0 aliphatic carbocycles. The zero-order chi connectivity index (χ0) is 15.1. The number of esters is 2. The van der Waals surface area contributed by atoms with Gasteiger partial charge in [-0.3, -0.25) is 9.59 Å². The van der Waals surface area contributed by atoms with Gasteiger partial charge in [0.05, 0.1) is 24.5 Å². The second-order valence-electron chi connectivity index (χ2n) is 5.56. The first kappa shape index (κ1) is 17.6. The van der Waals surface area contributed by atoms with E-state index in [0.717, 1.165) is 0 Å². The van der Waals surface area contributed by atoms with Crippen LogP contribution in [0, 0.1) is 10.8 Å². The van der Waals surface area contributed by atoms with E-state index in [1.54, 1.807) is 20.8 Å². The Labute approximate surface area is 114 Å². The van der Waals surface area contributed by atoms with Crippen LogP contribution in [0.25, 0.3) is 0 Å². The Kier molecular flexibility index (Phi) is 6.73. The SMILES string of the molecule is CCC(C)(CC(C)(C)C(=O)OCCC=O)C(=O)OC. The summed E-state index contributed by atoms with van der Waals surface area (Å²) in [6, 6.07) is 0. The number of ether oxygens (including phenoxy) is 2. The molecular weight excluding hydrogens is 248 g/mol. The molecule has 0 bridgehead atoms. The Hall–Kier alpha value is -1.39. The van der Waals surface area contributed by atoms with E-state index in [4.69, 9.17) is 9.47 Å². The lowest BCUT2D eigenvalue weighted by molar-refractivity contribution is -0.161. The molecule has 1 unspecified atom stereocenters. The van der Waals surface area contributed by atoms with Crippen LogP contribution in [0.2, 0.25) is 0 Å². The first-order valence-electron chi connectivity index (χ1n) is 6.43. The van der Waals surface area contributed by atoms with Crippen LogP contribution in [0.3, 0.4) is 0 Å². The first-order valence-corrected chi connectivity index (χ1v) is 6.43. The highest BCUT2D eigenvalue weighted by molar-refractivity contribution is 5.80. The van der Waals surface area contributed by atoms with E-state index in [0.29, 0.717) is 19.1 Å². The van der Waals surface area contributed by atoms with Gasteiger partial charge in [0, 0.05) is 6.42 Å². The van der Waals surface area contributed by atoms with Gasteiger partial charge < -0.3 is 14.3 Å². The van der Waals surface area contributed by atoms with Crippen molar-refractivity contribution in [1.29, 1.82) is 0 Å². The zero-order valence-corrected chi connectivity index (χ0v) is 12.4. The molecule has 0 N–H and O–H groups in total. The normalized spacial score (nSPS) is 14.4. The summed E-state index contributed by atoms with van der Waals surface area (Å²) in [5.41, 5.74) is -1.52. The van der Waals surface area contributed by atoms with Gasteiger partial charge in [-0.05, 0) is 33.6 Å². The summed E-state index contributed by atoms with van der Waals surface area (Å²) in [6.45, 7) is 7.19. The van der Waals surface area contributed by atoms with Gasteiger partial charge >= 0.3 is 11.9 Å². The molecule has 19 heavy (non-hydrogen) atoms. The molecule has 0 aromatic carbocycles. The van der Waals surface area contributed by atoms with Gasteiger partial charge in [-0.25, -0.2) is 0 Å². The summed E-state index contributed by atoms with van der Waals surface area (Å²) in [7, 11) is 1.34. The third-order valence-corrected chi connectivity index (χ3v) is 3.31. The summed E-state index contributed by atoms with van der Waals surface area (Å²) < 4.78 is 9.82. The lowest BCUT2D eigenvalue weighted by Gasteiger charge is -2.33. The summed E-state index contributed by atoms with van der Waals surface area (Å²) in [5, 5.41) is 0. The van der Waals surface area contributed by atoms with Crippen LogP contribution in [-0.2, 0) is 23.9 Å². The topological polar surface area (TPSA) is 69.7 Å². The molecule has 0 heterocycles. The quantitative estimate of drug-likeness (QED) is 0.384. The molecule has 5 nitrogen and oxygen atoms in total. The maximum absolute atomic E-state index is 12.0. The monoisotopic (exact) mass is 272 g/mol. The highest BCUT2D eigenvalue weighted by Gasteiger charge is 2.42. The molecule has 0 amide bonds. The predicted molar refractivity (Wildman–Crippen MR) is 70.5 cm³/mol. The number of rotatable bonds is 8. The van der Waals surface area contributed by atoms with Crippen LogP contribution in [-0.4, -0.2) is 31.9 Å². The molecule has 0 rings (SSSR count). The minimum atomic E-state index is -0.804. The third kappa shape index (κ3) is 5.01. The van der Waals surface area contributed by atoms with Gasteiger partial charge in [0.2, 0.25) is 0 Å². The molecule has 0 fully saturated rings. The zero-order valence-electron chi connectivity index (χ0n) is 12.4. The van der Waals surface area contributed by atoms with E-state index < -0.39 is 16.8 Å². The van der Waals surface area contributed by atoms with Crippen LogP contribution < -0.4 is 0 Å². The Balaban J connectivity index is 4.76. The fraction of sp³-hybridized carbons (Fsp3) is 0.786. The Morgan fingerprint density at radius 1 is 1.16 bits per heavy atom. The molecule has 0 spiro atoms. The largest absolute Gasteiger partial charge is 0.469 e. The van der Waals surface area contributed by atoms with Crippen molar-refractivity contribution in [2.24, 2.45) is 10.8 Å². The second-order valence-corrected chi connectivity index (χ2v) is 5.56. The van der Waals surface area contributed by atoms with Crippen LogP contribution >= 0.6 is 0 Å². The van der Waals surface area contributed by atoms with Crippen molar-refractivity contribution in [2.75, 3.05) is 13.7 Å². The molecule has 0 aliphatic heterocycles. The molecule has 0 radical (unpaired) electrons. The van der Waals surface area contributed by atoms with Gasteiger partial charge in [0.15, 0.2) is 0 Å². The Morgan fingerprint density at radius 2 is 1.74 bits per heavy atom. The van der Waals surface area contributed by atoms with Crippen LogP contribution in [0.15, 0.2) is 0 Å². The van der Waals surface area contributed by atoms with Crippen LogP contribution in [0.1, 0.15) is 47.0 Å². The predicted octanol–water partition coefficient (Wildman–Crippen LogP) is 2.12. The molecule has 1 atom stereocenters. The van der Waals surface area contributed by atoms with Gasteiger partial charge in [0.1, 0.15) is 6.29 Å². The fourth-order valence-electron chi connectivity index (χ4n) is 2.03. The van der Waals surface area contributed by atoms with Crippen molar-refractivity contribution in [3.05, 3.63) is 0 Å². The van der Waals surface area contributed by atoms with E-state index >= 15 is 0 Å². The molecule has 0 saturated heterocycles. The van der Waals surface area contributed by atoms with Crippen molar-refractivity contribution in [3.63, 3.8) is 0 Å². The number of aldehydes is 1. The van der Waals surface area contributed by atoms with Gasteiger partial charge in [-0.2, -0.15) is 0 Å². The fourth-order valence-corrected chi connectivity index (χ4v) is 2.03. The third-order valence-electron chi connectivity index (χ3n) is 3.31. The number of carbonyl (C=O) groups is 3. The van der Waals surface area contributed by atoms with Gasteiger partial charge in [0.25, 0.3) is 0 Å². The number of carbonyl (C=O) groups excluding carboxylic acids is 3. The van der Waals surface area contributed by atoms with E-state index in [-0.39, 0.29) is 19.0 Å². The molecule has 0 aliphatic rings. The van der Waals surface area contributed by atoms with E-state index in [2.05, 4.69) is 0 Å². The Morgan fingerprint density at radius 3 is 2.16 bits per heavy atom. The maximum Gasteiger partial charge on any atom is 0.311 e. The molecular formula is C14H24O5. The smallest absolute Gasteiger partial charge is 0.311 e. The highest BCUT2D eigenvalue weighted by Crippen LogP contribution is 2.38. The molecule has 0 aromatic heterocycles. The molecule has 0 aromatic rings. The van der Waals surface area contributed by atoms with Crippen LogP contribution in [0.5, 0.6) is 0 Å². The molecule has 110 valence electrons. The van der Waals surface area contributed by atoms with Gasteiger partial charge in [-0.15, -0.1) is 0 Å². The van der Waals surface area contributed by atoms with Crippen molar-refractivity contribution in [2.45, 2.75) is 47.0 Å². The summed E-state index contributed by atoms with van der Waals surface area (Å²) >= 11 is 0. The average molecular weight is 272 g/mol.